The van der Waals surface area contributed by atoms with Crippen LogP contribution in [0.15, 0.2) is 54.7 Å². The Morgan fingerprint density at radius 1 is 1.18 bits per heavy atom. The van der Waals surface area contributed by atoms with Gasteiger partial charge in [0.25, 0.3) is 0 Å². The van der Waals surface area contributed by atoms with Crippen LogP contribution >= 0.6 is 12.2 Å². The zero-order chi connectivity index (χ0) is 23.7. The van der Waals surface area contributed by atoms with E-state index in [1.165, 1.54) is 0 Å². The number of benzene rings is 1. The Labute approximate surface area is 199 Å². The number of aryl methyl sites for hydroxylation is 1. The highest BCUT2D eigenvalue weighted by atomic mass is 32.1. The quantitative estimate of drug-likeness (QED) is 0.517. The van der Waals surface area contributed by atoms with E-state index in [-0.39, 0.29) is 17.6 Å². The number of pyridine rings is 1. The first-order chi connectivity index (χ1) is 15.8. The van der Waals surface area contributed by atoms with Crippen molar-refractivity contribution in [1.82, 2.24) is 24.7 Å². The van der Waals surface area contributed by atoms with Gasteiger partial charge in [0.1, 0.15) is 0 Å². The Bertz CT molecular complexity index is 1170. The van der Waals surface area contributed by atoms with Crippen LogP contribution in [0.2, 0.25) is 0 Å². The molecule has 172 valence electrons. The molecule has 3 heterocycles. The Kier molecular flexibility index (Phi) is 6.49. The second-order valence-corrected chi connectivity index (χ2v) is 8.99. The summed E-state index contributed by atoms with van der Waals surface area (Å²) in [6.07, 6.45) is 1.80. The number of nitrogens with zero attached hydrogens (tertiary/aromatic N) is 4. The van der Waals surface area contributed by atoms with Crippen LogP contribution in [-0.4, -0.2) is 62.7 Å². The van der Waals surface area contributed by atoms with E-state index in [2.05, 4.69) is 26.2 Å². The van der Waals surface area contributed by atoms with E-state index in [1.807, 2.05) is 62.8 Å². The molecule has 2 N–H and O–H groups in total. The smallest absolute Gasteiger partial charge is 0.337 e. The number of rotatable bonds is 7. The second kappa shape index (κ2) is 9.33. The molecule has 1 aromatic carbocycles. The van der Waals surface area contributed by atoms with Crippen molar-refractivity contribution in [1.29, 1.82) is 0 Å². The average molecular weight is 464 g/mol. The number of para-hydroxylation sites is 1. The van der Waals surface area contributed by atoms with Crippen LogP contribution in [-0.2, 0) is 0 Å². The lowest BCUT2D eigenvalue weighted by molar-refractivity contribution is 0.0697. The predicted molar refractivity (Wildman–Crippen MR) is 133 cm³/mol. The third kappa shape index (κ3) is 4.36. The normalized spacial score (nSPS) is 18.1. The second-order valence-electron chi connectivity index (χ2n) is 8.61. The third-order valence-electron chi connectivity index (χ3n) is 6.15. The SMILES string of the molecule is Cc1cc([C@H]2[C@@H](c3ccccn3)NC(=S)N2CCN(C)C)c(C)n1-c1ccccc1C(=O)O. The largest absolute Gasteiger partial charge is 0.478 e. The minimum atomic E-state index is -0.942. The molecule has 0 amide bonds. The van der Waals surface area contributed by atoms with Gasteiger partial charge in [-0.25, -0.2) is 4.79 Å². The van der Waals surface area contributed by atoms with Crippen LogP contribution in [0.4, 0.5) is 0 Å². The number of aromatic carboxylic acids is 1. The molecule has 7 nitrogen and oxygen atoms in total. The monoisotopic (exact) mass is 463 g/mol. The number of aromatic nitrogens is 2. The van der Waals surface area contributed by atoms with E-state index in [9.17, 15) is 9.90 Å². The molecule has 2 aromatic heterocycles. The molecule has 0 spiro atoms. The van der Waals surface area contributed by atoms with Gasteiger partial charge in [0.05, 0.1) is 29.0 Å². The highest BCUT2D eigenvalue weighted by molar-refractivity contribution is 7.80. The van der Waals surface area contributed by atoms with Gasteiger partial charge in [-0.05, 0) is 76.1 Å². The van der Waals surface area contributed by atoms with Gasteiger partial charge in [0, 0.05) is 30.7 Å². The standard InChI is InChI=1S/C25H29N5O2S/c1-16-15-19(17(2)30(16)21-11-6-5-9-18(21)24(31)32)23-22(20-10-7-8-12-26-20)27-25(33)29(23)14-13-28(3)4/h5-12,15,22-23H,13-14H2,1-4H3,(H,27,33)(H,31,32)/t22-,23+/m1/s1. The number of thiocarbonyl (C=S) groups is 1. The summed E-state index contributed by atoms with van der Waals surface area (Å²) in [5, 5.41) is 13.9. The van der Waals surface area contributed by atoms with Crippen molar-refractivity contribution in [3.63, 3.8) is 0 Å². The van der Waals surface area contributed by atoms with Crippen LogP contribution in [0.5, 0.6) is 0 Å². The van der Waals surface area contributed by atoms with Crippen molar-refractivity contribution in [3.05, 3.63) is 82.9 Å². The average Bonchev–Trinajstić information content (AvgIpc) is 3.27. The number of likely N-dealkylation sites (N-methyl/N-ethyl adjacent to an activating group) is 1. The fourth-order valence-electron chi connectivity index (χ4n) is 4.60. The molecular weight excluding hydrogens is 434 g/mol. The summed E-state index contributed by atoms with van der Waals surface area (Å²) in [4.78, 5) is 20.9. The van der Waals surface area contributed by atoms with E-state index in [4.69, 9.17) is 12.2 Å². The van der Waals surface area contributed by atoms with Gasteiger partial charge in [-0.1, -0.05) is 18.2 Å². The number of carbonyl (C=O) groups is 1. The molecule has 4 rings (SSSR count). The van der Waals surface area contributed by atoms with Gasteiger partial charge in [-0.3, -0.25) is 4.98 Å². The first kappa shape index (κ1) is 22.9. The molecule has 0 bridgehead atoms. The fraction of sp³-hybridized carbons (Fsp3) is 0.320. The summed E-state index contributed by atoms with van der Waals surface area (Å²) in [5.74, 6) is -0.942. The van der Waals surface area contributed by atoms with Gasteiger partial charge < -0.3 is 24.8 Å². The van der Waals surface area contributed by atoms with Crippen molar-refractivity contribution in [2.45, 2.75) is 25.9 Å². The lowest BCUT2D eigenvalue weighted by atomic mass is 9.96. The molecule has 1 aliphatic heterocycles. The maximum atomic E-state index is 11.9. The van der Waals surface area contributed by atoms with E-state index in [0.29, 0.717) is 10.8 Å². The van der Waals surface area contributed by atoms with Crippen LogP contribution in [0.1, 0.15) is 45.1 Å². The summed E-state index contributed by atoms with van der Waals surface area (Å²) in [7, 11) is 4.10. The molecule has 8 heteroatoms. The Hall–Kier alpha value is -3.23. The van der Waals surface area contributed by atoms with Crippen molar-refractivity contribution >= 4 is 23.3 Å². The van der Waals surface area contributed by atoms with Gasteiger partial charge in [-0.2, -0.15) is 0 Å². The molecule has 0 radical (unpaired) electrons. The number of hydrogen-bond acceptors (Lipinski definition) is 4. The van der Waals surface area contributed by atoms with Crippen molar-refractivity contribution < 1.29 is 9.90 Å². The minimum Gasteiger partial charge on any atom is -0.478 e. The highest BCUT2D eigenvalue weighted by Gasteiger charge is 2.41. The number of carboxylic acids is 1. The minimum absolute atomic E-state index is 0.0655. The number of hydrogen-bond donors (Lipinski definition) is 2. The predicted octanol–water partition coefficient (Wildman–Crippen LogP) is 3.72. The van der Waals surface area contributed by atoms with Crippen molar-refractivity contribution in [2.24, 2.45) is 0 Å². The molecular formula is C25H29N5O2S. The fourth-order valence-corrected chi connectivity index (χ4v) is 4.93. The maximum absolute atomic E-state index is 11.9. The molecule has 1 saturated heterocycles. The Morgan fingerprint density at radius 3 is 2.58 bits per heavy atom. The zero-order valence-electron chi connectivity index (χ0n) is 19.3. The maximum Gasteiger partial charge on any atom is 0.337 e. The van der Waals surface area contributed by atoms with Gasteiger partial charge in [0.15, 0.2) is 5.11 Å². The zero-order valence-corrected chi connectivity index (χ0v) is 20.1. The molecule has 0 unspecified atom stereocenters. The summed E-state index contributed by atoms with van der Waals surface area (Å²) >= 11 is 5.76. The van der Waals surface area contributed by atoms with Gasteiger partial charge >= 0.3 is 5.97 Å². The molecule has 0 aliphatic carbocycles. The third-order valence-corrected chi connectivity index (χ3v) is 6.50. The molecule has 1 aliphatic rings. The Morgan fingerprint density at radius 2 is 1.91 bits per heavy atom. The van der Waals surface area contributed by atoms with Gasteiger partial charge in [0.2, 0.25) is 0 Å². The van der Waals surface area contributed by atoms with Gasteiger partial charge in [-0.15, -0.1) is 0 Å². The number of carboxylic acid groups (broad SMARTS) is 1. The molecule has 2 atom stereocenters. The molecule has 1 fully saturated rings. The topological polar surface area (TPSA) is 73.6 Å². The first-order valence-corrected chi connectivity index (χ1v) is 11.3. The van der Waals surface area contributed by atoms with E-state index < -0.39 is 5.97 Å². The van der Waals surface area contributed by atoms with Crippen molar-refractivity contribution in [2.75, 3.05) is 27.2 Å². The first-order valence-electron chi connectivity index (χ1n) is 10.9. The summed E-state index contributed by atoms with van der Waals surface area (Å²) in [6.45, 7) is 5.67. The van der Waals surface area contributed by atoms with E-state index in [0.717, 1.165) is 35.7 Å². The van der Waals surface area contributed by atoms with E-state index >= 15 is 0 Å². The molecule has 0 saturated carbocycles. The lowest BCUT2D eigenvalue weighted by Crippen LogP contribution is -2.35. The Balaban J connectivity index is 1.84. The lowest BCUT2D eigenvalue weighted by Gasteiger charge is -2.29. The summed E-state index contributed by atoms with van der Waals surface area (Å²) in [6, 6.07) is 15.0. The molecule has 33 heavy (non-hydrogen) atoms. The summed E-state index contributed by atoms with van der Waals surface area (Å²) in [5.41, 5.74) is 4.93. The molecule has 3 aromatic rings. The van der Waals surface area contributed by atoms with Crippen LogP contribution in [0.3, 0.4) is 0 Å². The van der Waals surface area contributed by atoms with Crippen molar-refractivity contribution in [3.8, 4) is 5.69 Å². The summed E-state index contributed by atoms with van der Waals surface area (Å²) < 4.78 is 2.03. The van der Waals surface area contributed by atoms with Crippen LogP contribution in [0.25, 0.3) is 5.69 Å². The highest BCUT2D eigenvalue weighted by Crippen LogP contribution is 2.41. The van der Waals surface area contributed by atoms with Crippen LogP contribution < -0.4 is 5.32 Å². The van der Waals surface area contributed by atoms with E-state index in [1.54, 1.807) is 18.3 Å². The van der Waals surface area contributed by atoms with Crippen LogP contribution in [0, 0.1) is 13.8 Å². The number of nitrogens with one attached hydrogen (secondary N) is 1.